The number of carbonyl (C=O) groups excluding carboxylic acids is 2. The Morgan fingerprint density at radius 2 is 1.92 bits per heavy atom. The smallest absolute Gasteiger partial charge is 0.335 e. The number of carboxylic acids is 1. The van der Waals surface area contributed by atoms with E-state index in [1.807, 2.05) is 0 Å². The van der Waals surface area contributed by atoms with Crippen LogP contribution in [0.2, 0.25) is 5.02 Å². The molecule has 0 bridgehead atoms. The first-order valence-electron chi connectivity index (χ1n) is 11.8. The zero-order chi connectivity index (χ0) is 26.2. The Hall–Kier alpha value is -4.09. The summed E-state index contributed by atoms with van der Waals surface area (Å²) in [4.78, 5) is 37.1. The van der Waals surface area contributed by atoms with Gasteiger partial charge in [0, 0.05) is 22.3 Å². The van der Waals surface area contributed by atoms with Crippen LogP contribution in [0.1, 0.15) is 35.2 Å². The number of carbonyl (C=O) groups is 3. The van der Waals surface area contributed by atoms with Crippen LogP contribution in [0.5, 0.6) is 0 Å². The maximum atomic E-state index is 13.1. The van der Waals surface area contributed by atoms with E-state index in [1.54, 1.807) is 24.3 Å². The molecule has 1 atom stereocenters. The highest BCUT2D eigenvalue weighted by atomic mass is 35.5. The topological polar surface area (TPSA) is 151 Å². The van der Waals surface area contributed by atoms with Crippen LogP contribution < -0.4 is 16.0 Å². The van der Waals surface area contributed by atoms with Crippen LogP contribution in [0.4, 0.5) is 5.69 Å². The average molecular weight is 524 g/mol. The minimum atomic E-state index is -1.05. The fraction of sp³-hybridized carbons (Fsp3) is 0.280. The van der Waals surface area contributed by atoms with Gasteiger partial charge in [-0.05, 0) is 97.2 Å². The number of halogens is 1. The zero-order valence-corrected chi connectivity index (χ0v) is 20.6. The summed E-state index contributed by atoms with van der Waals surface area (Å²) < 4.78 is 1.46. The molecular formula is C25H26ClN7O4. The van der Waals surface area contributed by atoms with Gasteiger partial charge in [-0.1, -0.05) is 11.6 Å². The third-order valence-electron chi connectivity index (χ3n) is 6.06. The first-order valence-corrected chi connectivity index (χ1v) is 12.1. The molecule has 1 aromatic heterocycles. The van der Waals surface area contributed by atoms with E-state index in [2.05, 4.69) is 31.5 Å². The highest BCUT2D eigenvalue weighted by Crippen LogP contribution is 2.21. The minimum Gasteiger partial charge on any atom is -0.478 e. The molecule has 2 amide bonds. The van der Waals surface area contributed by atoms with E-state index in [4.69, 9.17) is 16.7 Å². The molecule has 12 heteroatoms. The predicted molar refractivity (Wildman–Crippen MR) is 137 cm³/mol. The number of tetrazole rings is 1. The van der Waals surface area contributed by atoms with Crippen molar-refractivity contribution in [1.29, 1.82) is 0 Å². The van der Waals surface area contributed by atoms with Gasteiger partial charge in [0.25, 0.3) is 0 Å². The number of anilines is 1. The maximum absolute atomic E-state index is 13.1. The van der Waals surface area contributed by atoms with E-state index < -0.39 is 17.9 Å². The van der Waals surface area contributed by atoms with E-state index in [1.165, 1.54) is 41.4 Å². The number of rotatable bonds is 9. The molecule has 0 aliphatic carbocycles. The molecule has 37 heavy (non-hydrogen) atoms. The molecule has 1 aliphatic rings. The number of aromatic carboxylic acids is 1. The van der Waals surface area contributed by atoms with E-state index in [9.17, 15) is 14.4 Å². The largest absolute Gasteiger partial charge is 0.478 e. The Kier molecular flexibility index (Phi) is 8.60. The van der Waals surface area contributed by atoms with Crippen molar-refractivity contribution in [3.63, 3.8) is 0 Å². The van der Waals surface area contributed by atoms with Gasteiger partial charge in [-0.2, -0.15) is 4.68 Å². The standard InChI is InChI=1S/C25H26ClN7O4/c26-19-4-7-22(33-15-28-31-32-33)18(14-19)3-8-23(34)30-21(13-16-9-11-27-12-10-16)24(35)29-20-5-1-17(2-6-20)25(36)37/h1-8,14-16,21,27H,9-13H2,(H,29,35)(H,30,34)(H,36,37). The van der Waals surface area contributed by atoms with Crippen molar-refractivity contribution in [3.8, 4) is 5.69 Å². The molecule has 1 fully saturated rings. The lowest BCUT2D eigenvalue weighted by Crippen LogP contribution is -2.45. The van der Waals surface area contributed by atoms with Crippen molar-refractivity contribution >= 4 is 41.1 Å². The molecule has 192 valence electrons. The molecule has 1 saturated heterocycles. The summed E-state index contributed by atoms with van der Waals surface area (Å²) in [7, 11) is 0. The van der Waals surface area contributed by atoms with Gasteiger partial charge in [0.1, 0.15) is 12.4 Å². The van der Waals surface area contributed by atoms with Crippen molar-refractivity contribution in [2.45, 2.75) is 25.3 Å². The summed E-state index contributed by atoms with van der Waals surface area (Å²) in [5.41, 5.74) is 1.81. The third-order valence-corrected chi connectivity index (χ3v) is 6.29. The first kappa shape index (κ1) is 26.0. The molecule has 2 aromatic carbocycles. The highest BCUT2D eigenvalue weighted by molar-refractivity contribution is 6.30. The lowest BCUT2D eigenvalue weighted by atomic mass is 9.90. The fourth-order valence-corrected chi connectivity index (χ4v) is 4.31. The van der Waals surface area contributed by atoms with Gasteiger partial charge in [0.2, 0.25) is 11.8 Å². The number of hydrogen-bond donors (Lipinski definition) is 4. The zero-order valence-electron chi connectivity index (χ0n) is 19.8. The van der Waals surface area contributed by atoms with Crippen LogP contribution in [0.25, 0.3) is 11.8 Å². The molecule has 1 aliphatic heterocycles. The molecule has 2 heterocycles. The van der Waals surface area contributed by atoms with Gasteiger partial charge >= 0.3 is 5.97 Å². The van der Waals surface area contributed by atoms with E-state index in [0.29, 0.717) is 28.4 Å². The molecular weight excluding hydrogens is 498 g/mol. The number of aromatic nitrogens is 4. The van der Waals surface area contributed by atoms with Crippen LogP contribution in [-0.2, 0) is 9.59 Å². The van der Waals surface area contributed by atoms with Gasteiger partial charge < -0.3 is 21.1 Å². The minimum absolute atomic E-state index is 0.116. The van der Waals surface area contributed by atoms with Crippen LogP contribution in [0.15, 0.2) is 54.9 Å². The molecule has 4 rings (SSSR count). The number of amides is 2. The van der Waals surface area contributed by atoms with E-state index in [0.717, 1.165) is 25.9 Å². The van der Waals surface area contributed by atoms with Gasteiger partial charge in [0.15, 0.2) is 0 Å². The average Bonchev–Trinajstić information content (AvgIpc) is 3.43. The van der Waals surface area contributed by atoms with Crippen LogP contribution in [-0.4, -0.2) is 62.2 Å². The van der Waals surface area contributed by atoms with E-state index in [-0.39, 0.29) is 17.4 Å². The molecule has 1 unspecified atom stereocenters. The Balaban J connectivity index is 1.48. The van der Waals surface area contributed by atoms with E-state index >= 15 is 0 Å². The summed E-state index contributed by atoms with van der Waals surface area (Å²) in [5.74, 6) is -1.60. The second-order valence-corrected chi connectivity index (χ2v) is 9.09. The lowest BCUT2D eigenvalue weighted by molar-refractivity contribution is -0.124. The third kappa shape index (κ3) is 7.21. The molecule has 0 radical (unpaired) electrons. The van der Waals surface area contributed by atoms with Crippen LogP contribution >= 0.6 is 11.6 Å². The van der Waals surface area contributed by atoms with Crippen molar-refractivity contribution in [3.05, 3.63) is 71.0 Å². The van der Waals surface area contributed by atoms with Crippen molar-refractivity contribution in [1.82, 2.24) is 30.8 Å². The Labute approximate surface area is 217 Å². The number of piperidine rings is 1. The predicted octanol–water partition coefficient (Wildman–Crippen LogP) is 2.54. The summed E-state index contributed by atoms with van der Waals surface area (Å²) in [6, 6.07) is 10.2. The first-order chi connectivity index (χ1) is 17.9. The monoisotopic (exact) mass is 523 g/mol. The van der Waals surface area contributed by atoms with Gasteiger partial charge in [-0.15, -0.1) is 5.10 Å². The second kappa shape index (κ2) is 12.2. The quantitative estimate of drug-likeness (QED) is 0.312. The van der Waals surface area contributed by atoms with Crippen molar-refractivity contribution in [2.75, 3.05) is 18.4 Å². The molecule has 0 spiro atoms. The number of benzene rings is 2. The van der Waals surface area contributed by atoms with Crippen LogP contribution in [0, 0.1) is 5.92 Å². The van der Waals surface area contributed by atoms with Gasteiger partial charge in [-0.25, -0.2) is 4.79 Å². The van der Waals surface area contributed by atoms with Crippen molar-refractivity contribution < 1.29 is 19.5 Å². The van der Waals surface area contributed by atoms with Crippen molar-refractivity contribution in [2.24, 2.45) is 5.92 Å². The molecule has 3 aromatic rings. The highest BCUT2D eigenvalue weighted by Gasteiger charge is 2.25. The summed E-state index contributed by atoms with van der Waals surface area (Å²) in [5, 5.41) is 29.6. The van der Waals surface area contributed by atoms with Gasteiger partial charge in [0.05, 0.1) is 11.3 Å². The molecule has 4 N–H and O–H groups in total. The Morgan fingerprint density at radius 1 is 1.16 bits per heavy atom. The van der Waals surface area contributed by atoms with Crippen LogP contribution in [0.3, 0.4) is 0 Å². The summed E-state index contributed by atoms with van der Waals surface area (Å²) in [6.45, 7) is 1.72. The molecule has 0 saturated carbocycles. The number of carboxylic acid groups (broad SMARTS) is 1. The number of hydrogen-bond acceptors (Lipinski definition) is 7. The van der Waals surface area contributed by atoms with Gasteiger partial charge in [-0.3, -0.25) is 9.59 Å². The second-order valence-electron chi connectivity index (χ2n) is 8.65. The lowest BCUT2D eigenvalue weighted by Gasteiger charge is -2.27. The summed E-state index contributed by atoms with van der Waals surface area (Å²) in [6.07, 6.45) is 6.64. The number of nitrogens with zero attached hydrogens (tertiary/aromatic N) is 4. The molecule has 11 nitrogen and oxygen atoms in total. The maximum Gasteiger partial charge on any atom is 0.335 e. The normalized spacial score (nSPS) is 14.8. The Bertz CT molecular complexity index is 1270. The fourth-order valence-electron chi connectivity index (χ4n) is 4.13. The number of nitrogens with one attached hydrogen (secondary N) is 3. The summed E-state index contributed by atoms with van der Waals surface area (Å²) >= 11 is 6.15. The SMILES string of the molecule is O=C(C=Cc1cc(Cl)ccc1-n1cnnn1)NC(CC1CCNCC1)C(=O)Nc1ccc(C(=O)O)cc1. The Morgan fingerprint density at radius 3 is 2.59 bits per heavy atom.